The maximum Gasteiger partial charge on any atom is 0.343 e. The lowest BCUT2D eigenvalue weighted by atomic mass is 10.2. The maximum absolute atomic E-state index is 11.2. The van der Waals surface area contributed by atoms with Gasteiger partial charge in [-0.25, -0.2) is 15.1 Å². The summed E-state index contributed by atoms with van der Waals surface area (Å²) >= 11 is 5.86. The predicted octanol–water partition coefficient (Wildman–Crippen LogP) is 1.79. The molecule has 0 aromatic heterocycles. The van der Waals surface area contributed by atoms with Crippen LogP contribution in [0.2, 0.25) is 5.02 Å². The summed E-state index contributed by atoms with van der Waals surface area (Å²) < 4.78 is 0. The van der Waals surface area contributed by atoms with E-state index in [1.165, 1.54) is 0 Å². The fourth-order valence-electron chi connectivity index (χ4n) is 0.991. The summed E-state index contributed by atoms with van der Waals surface area (Å²) in [5.41, 5.74) is 3.29. The van der Waals surface area contributed by atoms with Gasteiger partial charge in [0, 0.05) is 10.7 Å². The van der Waals surface area contributed by atoms with Crippen molar-refractivity contribution in [3.8, 4) is 0 Å². The third-order valence-corrected chi connectivity index (χ3v) is 2.20. The van der Waals surface area contributed by atoms with Crippen molar-refractivity contribution >= 4 is 29.3 Å². The quantitative estimate of drug-likeness (QED) is 0.719. The van der Waals surface area contributed by atoms with Crippen molar-refractivity contribution in [3.05, 3.63) is 28.8 Å². The molecule has 0 aliphatic heterocycles. The first-order valence-corrected chi connectivity index (χ1v) is 5.03. The molecule has 92 valence electrons. The van der Waals surface area contributed by atoms with Gasteiger partial charge in [-0.05, 0) is 24.6 Å². The molecule has 0 fully saturated rings. The first-order chi connectivity index (χ1) is 7.99. The molecule has 3 N–H and O–H groups in total. The Bertz CT molecular complexity index is 436. The average molecular weight is 259 g/mol. The molecule has 1 aromatic carbocycles. The lowest BCUT2D eigenvalue weighted by molar-refractivity contribution is -0.143. The van der Waals surface area contributed by atoms with Crippen LogP contribution < -0.4 is 10.8 Å². The molecule has 1 rings (SSSR count). The van der Waals surface area contributed by atoms with Gasteiger partial charge in [-0.3, -0.25) is 4.84 Å². The number of aryl methyl sites for hydroxylation is 1. The highest BCUT2D eigenvalue weighted by Crippen LogP contribution is 2.19. The van der Waals surface area contributed by atoms with Crippen molar-refractivity contribution in [1.82, 2.24) is 5.48 Å². The standard InChI is InChI=1S/C10H11ClN2O4/c1-6-2-3-7(4-8(6)11)12-10(16)13-17-5-9(14)15/h2-4H,5H2,1H3,(H,14,15)(H2,12,13,16). The molecule has 0 aliphatic carbocycles. The number of carboxylic acid groups (broad SMARTS) is 1. The topological polar surface area (TPSA) is 87.7 Å². The van der Waals surface area contributed by atoms with E-state index < -0.39 is 18.6 Å². The largest absolute Gasteiger partial charge is 0.479 e. The molecule has 0 aliphatic rings. The van der Waals surface area contributed by atoms with E-state index in [4.69, 9.17) is 16.7 Å². The minimum absolute atomic E-state index is 0.483. The van der Waals surface area contributed by atoms with Gasteiger partial charge in [0.05, 0.1) is 0 Å². The number of nitrogens with one attached hydrogen (secondary N) is 2. The smallest absolute Gasteiger partial charge is 0.343 e. The Morgan fingerprint density at radius 2 is 2.18 bits per heavy atom. The van der Waals surface area contributed by atoms with Crippen molar-refractivity contribution in [2.45, 2.75) is 6.92 Å². The van der Waals surface area contributed by atoms with Gasteiger partial charge in [0.1, 0.15) is 0 Å². The molecule has 0 spiro atoms. The normalized spacial score (nSPS) is 9.76. The van der Waals surface area contributed by atoms with Gasteiger partial charge in [0.25, 0.3) is 0 Å². The van der Waals surface area contributed by atoms with Crippen LogP contribution in [0.15, 0.2) is 18.2 Å². The molecule has 0 heterocycles. The number of hydrogen-bond donors (Lipinski definition) is 3. The Kier molecular flexibility index (Phi) is 4.74. The number of urea groups is 1. The zero-order valence-electron chi connectivity index (χ0n) is 8.99. The zero-order valence-corrected chi connectivity index (χ0v) is 9.75. The van der Waals surface area contributed by atoms with Crippen LogP contribution in [0.4, 0.5) is 10.5 Å². The van der Waals surface area contributed by atoms with E-state index in [2.05, 4.69) is 10.2 Å². The third-order valence-electron chi connectivity index (χ3n) is 1.79. The maximum atomic E-state index is 11.2. The number of carbonyl (C=O) groups is 2. The Morgan fingerprint density at radius 3 is 2.76 bits per heavy atom. The van der Waals surface area contributed by atoms with E-state index in [1.54, 1.807) is 18.2 Å². The molecule has 17 heavy (non-hydrogen) atoms. The monoisotopic (exact) mass is 258 g/mol. The van der Waals surface area contributed by atoms with Gasteiger partial charge in [0.15, 0.2) is 6.61 Å². The number of hydrogen-bond acceptors (Lipinski definition) is 3. The minimum atomic E-state index is -1.18. The van der Waals surface area contributed by atoms with Gasteiger partial charge in [0.2, 0.25) is 0 Å². The van der Waals surface area contributed by atoms with Crippen molar-refractivity contribution in [1.29, 1.82) is 0 Å². The van der Waals surface area contributed by atoms with Gasteiger partial charge in [-0.2, -0.15) is 0 Å². The van der Waals surface area contributed by atoms with Crippen LogP contribution in [0.3, 0.4) is 0 Å². The zero-order chi connectivity index (χ0) is 12.8. The second-order valence-corrected chi connectivity index (χ2v) is 3.61. The molecule has 0 radical (unpaired) electrons. The first kappa shape index (κ1) is 13.3. The van der Waals surface area contributed by atoms with Gasteiger partial charge in [-0.1, -0.05) is 17.7 Å². The number of aliphatic carboxylic acids is 1. The highest BCUT2D eigenvalue weighted by molar-refractivity contribution is 6.31. The number of rotatable bonds is 4. The van der Waals surface area contributed by atoms with Crippen LogP contribution in [0.1, 0.15) is 5.56 Å². The molecule has 7 heteroatoms. The first-order valence-electron chi connectivity index (χ1n) is 4.66. The molecule has 0 saturated heterocycles. The summed E-state index contributed by atoms with van der Waals surface area (Å²) in [5.74, 6) is -1.18. The minimum Gasteiger partial charge on any atom is -0.479 e. The number of carbonyl (C=O) groups excluding carboxylic acids is 1. The Labute approximate surface area is 102 Å². The van der Waals surface area contributed by atoms with Crippen LogP contribution in [0, 0.1) is 6.92 Å². The second kappa shape index (κ2) is 6.07. The highest BCUT2D eigenvalue weighted by atomic mass is 35.5. The molecular weight excluding hydrogens is 248 g/mol. The average Bonchev–Trinajstić information content (AvgIpc) is 2.23. The van der Waals surface area contributed by atoms with Crippen molar-refractivity contribution in [2.75, 3.05) is 11.9 Å². The third kappa shape index (κ3) is 4.71. The molecule has 0 bridgehead atoms. The number of hydroxylamine groups is 1. The number of halogens is 1. The van der Waals surface area contributed by atoms with Crippen molar-refractivity contribution in [2.24, 2.45) is 0 Å². The molecule has 0 unspecified atom stereocenters. The van der Waals surface area contributed by atoms with E-state index >= 15 is 0 Å². The number of benzene rings is 1. The molecule has 1 aromatic rings. The van der Waals surface area contributed by atoms with Gasteiger partial charge < -0.3 is 10.4 Å². The van der Waals surface area contributed by atoms with Crippen molar-refractivity contribution < 1.29 is 19.5 Å². The van der Waals surface area contributed by atoms with E-state index in [0.29, 0.717) is 10.7 Å². The lowest BCUT2D eigenvalue weighted by Crippen LogP contribution is -2.30. The Hall–Kier alpha value is -1.79. The van der Waals surface area contributed by atoms with E-state index in [-0.39, 0.29) is 0 Å². The fourth-order valence-corrected chi connectivity index (χ4v) is 1.17. The predicted molar refractivity (Wildman–Crippen MR) is 61.9 cm³/mol. The SMILES string of the molecule is Cc1ccc(NC(=O)NOCC(=O)O)cc1Cl. The molecule has 6 nitrogen and oxygen atoms in total. The van der Waals surface area contributed by atoms with Crippen LogP contribution in [0.25, 0.3) is 0 Å². The summed E-state index contributed by atoms with van der Waals surface area (Å²) in [6, 6.07) is 4.31. The van der Waals surface area contributed by atoms with Crippen LogP contribution >= 0.6 is 11.6 Å². The van der Waals surface area contributed by atoms with E-state index in [9.17, 15) is 9.59 Å². The van der Waals surface area contributed by atoms with Gasteiger partial charge >= 0.3 is 12.0 Å². The second-order valence-electron chi connectivity index (χ2n) is 3.20. The summed E-state index contributed by atoms with van der Waals surface area (Å²) in [6.45, 7) is 1.23. The number of carboxylic acids is 1. The van der Waals surface area contributed by atoms with E-state index in [0.717, 1.165) is 5.56 Å². The molecular formula is C10H11ClN2O4. The van der Waals surface area contributed by atoms with E-state index in [1.807, 2.05) is 12.4 Å². The Balaban J connectivity index is 2.45. The summed E-state index contributed by atoms with van der Waals surface area (Å²) in [7, 11) is 0. The number of amides is 2. The van der Waals surface area contributed by atoms with Crippen molar-refractivity contribution in [3.63, 3.8) is 0 Å². The highest BCUT2D eigenvalue weighted by Gasteiger charge is 2.04. The lowest BCUT2D eigenvalue weighted by Gasteiger charge is -2.07. The molecule has 0 atom stereocenters. The van der Waals surface area contributed by atoms with Crippen LogP contribution in [0.5, 0.6) is 0 Å². The summed E-state index contributed by atoms with van der Waals surface area (Å²) in [5, 5.41) is 11.2. The molecule has 2 amide bonds. The van der Waals surface area contributed by atoms with Crippen LogP contribution in [-0.4, -0.2) is 23.7 Å². The number of anilines is 1. The Morgan fingerprint density at radius 1 is 1.47 bits per heavy atom. The van der Waals surface area contributed by atoms with Gasteiger partial charge in [-0.15, -0.1) is 0 Å². The molecule has 0 saturated carbocycles. The summed E-state index contributed by atoms with van der Waals surface area (Å²) in [6.07, 6.45) is 0. The van der Waals surface area contributed by atoms with Crippen LogP contribution in [-0.2, 0) is 9.63 Å². The fraction of sp³-hybridized carbons (Fsp3) is 0.200. The summed E-state index contributed by atoms with van der Waals surface area (Å²) in [4.78, 5) is 25.7.